The average Bonchev–Trinajstić information content (AvgIpc) is 2.70. The minimum atomic E-state index is 0.0771. The number of ether oxygens (including phenoxy) is 1. The highest BCUT2D eigenvalue weighted by molar-refractivity contribution is 7.99. The maximum atomic E-state index is 12.6. The van der Waals surface area contributed by atoms with Crippen LogP contribution < -0.4 is 0 Å². The summed E-state index contributed by atoms with van der Waals surface area (Å²) in [5, 5.41) is 0.967. The summed E-state index contributed by atoms with van der Waals surface area (Å²) in [5.74, 6) is 1.06. The SMILES string of the molecule is CCSc1ccc(C(=O)N2CCC(OCCc3ccccc3)CC2)cn1. The second kappa shape index (κ2) is 9.74. The van der Waals surface area contributed by atoms with E-state index < -0.39 is 0 Å². The molecule has 0 aliphatic carbocycles. The van der Waals surface area contributed by atoms with E-state index in [1.807, 2.05) is 23.1 Å². The fourth-order valence-electron chi connectivity index (χ4n) is 3.14. The first kappa shape index (κ1) is 18.9. The van der Waals surface area contributed by atoms with Crippen LogP contribution in [0.2, 0.25) is 0 Å². The van der Waals surface area contributed by atoms with Crippen LogP contribution in [-0.2, 0) is 11.2 Å². The number of piperidine rings is 1. The van der Waals surface area contributed by atoms with E-state index in [4.69, 9.17) is 4.74 Å². The molecule has 2 aromatic rings. The summed E-state index contributed by atoms with van der Waals surface area (Å²) in [6.45, 7) is 4.33. The molecule has 2 heterocycles. The maximum absolute atomic E-state index is 12.6. The van der Waals surface area contributed by atoms with Crippen LogP contribution in [0.3, 0.4) is 0 Å². The number of benzene rings is 1. The van der Waals surface area contributed by atoms with Crippen molar-refractivity contribution in [2.24, 2.45) is 0 Å². The molecule has 1 aliphatic heterocycles. The summed E-state index contributed by atoms with van der Waals surface area (Å²) in [4.78, 5) is 18.9. The van der Waals surface area contributed by atoms with Gasteiger partial charge in [-0.3, -0.25) is 4.79 Å². The molecule has 0 unspecified atom stereocenters. The Morgan fingerprint density at radius 2 is 1.96 bits per heavy atom. The largest absolute Gasteiger partial charge is 0.378 e. The summed E-state index contributed by atoms with van der Waals surface area (Å²) in [6.07, 6.45) is 4.69. The molecule has 0 N–H and O–H groups in total. The Labute approximate surface area is 160 Å². The molecule has 138 valence electrons. The predicted molar refractivity (Wildman–Crippen MR) is 106 cm³/mol. The molecule has 3 rings (SSSR count). The van der Waals surface area contributed by atoms with Crippen molar-refractivity contribution in [1.29, 1.82) is 0 Å². The van der Waals surface area contributed by atoms with E-state index in [2.05, 4.69) is 36.2 Å². The van der Waals surface area contributed by atoms with Crippen molar-refractivity contribution in [3.8, 4) is 0 Å². The minimum absolute atomic E-state index is 0.0771. The molecule has 1 aromatic heterocycles. The maximum Gasteiger partial charge on any atom is 0.255 e. The van der Waals surface area contributed by atoms with E-state index in [-0.39, 0.29) is 12.0 Å². The van der Waals surface area contributed by atoms with Crippen molar-refractivity contribution >= 4 is 17.7 Å². The van der Waals surface area contributed by atoms with Gasteiger partial charge >= 0.3 is 0 Å². The van der Waals surface area contributed by atoms with E-state index in [0.717, 1.165) is 49.7 Å². The first-order chi connectivity index (χ1) is 12.8. The van der Waals surface area contributed by atoms with Crippen LogP contribution in [0.25, 0.3) is 0 Å². The Balaban J connectivity index is 1.42. The molecule has 0 saturated carbocycles. The van der Waals surface area contributed by atoms with Gasteiger partial charge in [-0.05, 0) is 42.7 Å². The number of nitrogens with zero attached hydrogens (tertiary/aromatic N) is 2. The highest BCUT2D eigenvalue weighted by atomic mass is 32.2. The van der Waals surface area contributed by atoms with E-state index in [1.54, 1.807) is 18.0 Å². The summed E-state index contributed by atoms with van der Waals surface area (Å²) in [6, 6.07) is 14.2. The van der Waals surface area contributed by atoms with Gasteiger partial charge in [0.25, 0.3) is 5.91 Å². The van der Waals surface area contributed by atoms with Gasteiger partial charge in [-0.2, -0.15) is 0 Å². The Bertz CT molecular complexity index is 683. The van der Waals surface area contributed by atoms with Gasteiger partial charge in [-0.1, -0.05) is 37.3 Å². The third kappa shape index (κ3) is 5.32. The lowest BCUT2D eigenvalue weighted by atomic mass is 10.1. The molecule has 1 aromatic carbocycles. The quantitative estimate of drug-likeness (QED) is 0.690. The zero-order valence-corrected chi connectivity index (χ0v) is 16.1. The highest BCUT2D eigenvalue weighted by Crippen LogP contribution is 2.19. The van der Waals surface area contributed by atoms with Crippen molar-refractivity contribution < 1.29 is 9.53 Å². The van der Waals surface area contributed by atoms with Crippen LogP contribution in [0.4, 0.5) is 0 Å². The highest BCUT2D eigenvalue weighted by Gasteiger charge is 2.24. The molecular weight excluding hydrogens is 344 g/mol. The molecule has 1 fully saturated rings. The summed E-state index contributed by atoms with van der Waals surface area (Å²) < 4.78 is 6.01. The Kier molecular flexibility index (Phi) is 7.09. The number of likely N-dealkylation sites (tertiary alicyclic amines) is 1. The lowest BCUT2D eigenvalue weighted by molar-refractivity contribution is 0.0100. The molecule has 1 amide bonds. The van der Waals surface area contributed by atoms with Crippen molar-refractivity contribution in [3.05, 3.63) is 59.8 Å². The lowest BCUT2D eigenvalue weighted by Crippen LogP contribution is -2.41. The minimum Gasteiger partial charge on any atom is -0.378 e. The van der Waals surface area contributed by atoms with Crippen molar-refractivity contribution in [2.45, 2.75) is 37.3 Å². The summed E-state index contributed by atoms with van der Waals surface area (Å²) >= 11 is 1.68. The predicted octanol–water partition coefficient (Wildman–Crippen LogP) is 4.06. The molecule has 1 aliphatic rings. The number of aromatic nitrogens is 1. The van der Waals surface area contributed by atoms with Crippen LogP contribution in [0.5, 0.6) is 0 Å². The third-order valence-corrected chi connectivity index (χ3v) is 5.42. The van der Waals surface area contributed by atoms with Crippen LogP contribution in [0, 0.1) is 0 Å². The second-order valence-corrected chi connectivity index (χ2v) is 7.70. The van der Waals surface area contributed by atoms with Gasteiger partial charge in [-0.15, -0.1) is 11.8 Å². The summed E-state index contributed by atoms with van der Waals surface area (Å²) in [5.41, 5.74) is 1.98. The fraction of sp³-hybridized carbons (Fsp3) is 0.429. The molecular formula is C21H26N2O2S. The molecule has 0 spiro atoms. The molecule has 5 heteroatoms. The van der Waals surface area contributed by atoms with E-state index >= 15 is 0 Å². The lowest BCUT2D eigenvalue weighted by Gasteiger charge is -2.32. The number of carbonyl (C=O) groups excluding carboxylic acids is 1. The topological polar surface area (TPSA) is 42.4 Å². The number of rotatable bonds is 7. The van der Waals surface area contributed by atoms with E-state index in [0.29, 0.717) is 5.56 Å². The number of pyridine rings is 1. The number of amides is 1. The standard InChI is InChI=1S/C21H26N2O2S/c1-2-26-20-9-8-18(16-22-20)21(24)23-13-10-19(11-14-23)25-15-12-17-6-4-3-5-7-17/h3-9,16,19H,2,10-15H2,1H3. The van der Waals surface area contributed by atoms with Gasteiger partial charge in [-0.25, -0.2) is 4.98 Å². The van der Waals surface area contributed by atoms with Crippen LogP contribution in [0.15, 0.2) is 53.7 Å². The first-order valence-corrected chi connectivity index (χ1v) is 10.3. The van der Waals surface area contributed by atoms with Crippen LogP contribution >= 0.6 is 11.8 Å². The number of hydrogen-bond donors (Lipinski definition) is 0. The second-order valence-electron chi connectivity index (χ2n) is 6.42. The van der Waals surface area contributed by atoms with E-state index in [9.17, 15) is 4.79 Å². The van der Waals surface area contributed by atoms with Crippen LogP contribution in [0.1, 0.15) is 35.7 Å². The molecule has 0 radical (unpaired) electrons. The Morgan fingerprint density at radius 1 is 1.19 bits per heavy atom. The smallest absolute Gasteiger partial charge is 0.255 e. The molecule has 0 atom stereocenters. The third-order valence-electron chi connectivity index (χ3n) is 4.59. The number of hydrogen-bond acceptors (Lipinski definition) is 4. The molecule has 1 saturated heterocycles. The zero-order chi connectivity index (χ0) is 18.2. The van der Waals surface area contributed by atoms with Gasteiger partial charge in [0.1, 0.15) is 0 Å². The van der Waals surface area contributed by atoms with Crippen molar-refractivity contribution in [3.63, 3.8) is 0 Å². The van der Waals surface area contributed by atoms with Gasteiger partial charge in [0.15, 0.2) is 0 Å². The van der Waals surface area contributed by atoms with E-state index in [1.165, 1.54) is 5.56 Å². The van der Waals surface area contributed by atoms with Gasteiger partial charge in [0.2, 0.25) is 0 Å². The summed E-state index contributed by atoms with van der Waals surface area (Å²) in [7, 11) is 0. The van der Waals surface area contributed by atoms with Gasteiger partial charge < -0.3 is 9.64 Å². The molecule has 26 heavy (non-hydrogen) atoms. The average molecular weight is 371 g/mol. The fourth-order valence-corrected chi connectivity index (χ4v) is 3.72. The van der Waals surface area contributed by atoms with Gasteiger partial charge in [0.05, 0.1) is 23.3 Å². The normalized spacial score (nSPS) is 15.2. The number of carbonyl (C=O) groups is 1. The van der Waals surface area contributed by atoms with Gasteiger partial charge in [0, 0.05) is 19.3 Å². The molecule has 0 bridgehead atoms. The zero-order valence-electron chi connectivity index (χ0n) is 15.3. The monoisotopic (exact) mass is 370 g/mol. The first-order valence-electron chi connectivity index (χ1n) is 9.30. The molecule has 4 nitrogen and oxygen atoms in total. The Morgan fingerprint density at radius 3 is 2.62 bits per heavy atom. The Hall–Kier alpha value is -1.85. The number of thioether (sulfide) groups is 1. The van der Waals surface area contributed by atoms with Crippen molar-refractivity contribution in [2.75, 3.05) is 25.4 Å². The van der Waals surface area contributed by atoms with Crippen LogP contribution in [-0.4, -0.2) is 47.3 Å². The van der Waals surface area contributed by atoms with Crippen molar-refractivity contribution in [1.82, 2.24) is 9.88 Å².